The van der Waals surface area contributed by atoms with E-state index in [4.69, 9.17) is 25.8 Å². The Balaban J connectivity index is 1.60. The van der Waals surface area contributed by atoms with Crippen LogP contribution in [0, 0.1) is 3.57 Å². The van der Waals surface area contributed by atoms with Gasteiger partial charge in [0, 0.05) is 33.3 Å². The molecule has 1 aliphatic heterocycles. The zero-order chi connectivity index (χ0) is 27.0. The summed E-state index contributed by atoms with van der Waals surface area (Å²) in [5.41, 5.74) is 5.42. The van der Waals surface area contributed by atoms with E-state index in [9.17, 15) is 9.59 Å². The van der Waals surface area contributed by atoms with Crippen LogP contribution in [0.3, 0.4) is 0 Å². The Kier molecular flexibility index (Phi) is 7.49. The number of carbonyl (C=O) groups excluding carboxylic acids is 2. The molecule has 0 amide bonds. The van der Waals surface area contributed by atoms with E-state index in [1.807, 2.05) is 67.6 Å². The van der Waals surface area contributed by atoms with Crippen molar-refractivity contribution in [1.29, 1.82) is 0 Å². The number of ether oxygens (including phenoxy) is 3. The molecule has 3 aromatic carbocycles. The monoisotopic (exact) mass is 641 g/mol. The molecule has 1 aliphatic carbocycles. The standard InChI is InChI=1S/C30H25ClINO5/c1-4-37-30(35)24-16(2)33-27-20-7-5-6-8-21(20)28(34)26(27)25(24)18-13-22(32)29(23(14-18)36-3)38-15-17-9-11-19(31)12-10-17/h5-14,25,33H,4,15H2,1-3H3/t25-/m1/s1. The van der Waals surface area contributed by atoms with E-state index in [1.165, 1.54) is 0 Å². The summed E-state index contributed by atoms with van der Waals surface area (Å²) in [4.78, 5) is 26.9. The number of Topliss-reactive ketones (excluding diaryl/α,β-unsaturated/α-hetero) is 1. The van der Waals surface area contributed by atoms with Crippen LogP contribution < -0.4 is 14.8 Å². The van der Waals surface area contributed by atoms with Crippen molar-refractivity contribution in [2.75, 3.05) is 13.7 Å². The second-order valence-corrected chi connectivity index (χ2v) is 10.5. The first kappa shape index (κ1) is 26.3. The number of allylic oxidation sites excluding steroid dienone is 2. The maximum atomic E-state index is 13.7. The highest BCUT2D eigenvalue weighted by Gasteiger charge is 2.43. The highest BCUT2D eigenvalue weighted by Crippen LogP contribution is 2.48. The number of hydrogen-bond donors (Lipinski definition) is 1. The minimum absolute atomic E-state index is 0.112. The third-order valence-corrected chi connectivity index (χ3v) is 7.68. The molecule has 38 heavy (non-hydrogen) atoms. The number of methoxy groups -OCH3 is 1. The van der Waals surface area contributed by atoms with Crippen LogP contribution in [-0.4, -0.2) is 25.5 Å². The van der Waals surface area contributed by atoms with E-state index < -0.39 is 11.9 Å². The Morgan fingerprint density at radius 2 is 1.79 bits per heavy atom. The summed E-state index contributed by atoms with van der Waals surface area (Å²) >= 11 is 8.20. The fraction of sp³-hybridized carbons (Fsp3) is 0.200. The first-order chi connectivity index (χ1) is 18.3. The lowest BCUT2D eigenvalue weighted by atomic mass is 9.79. The molecule has 0 spiro atoms. The number of benzene rings is 3. The average Bonchev–Trinajstić information content (AvgIpc) is 3.19. The molecule has 0 saturated carbocycles. The van der Waals surface area contributed by atoms with Gasteiger partial charge in [-0.3, -0.25) is 4.79 Å². The number of esters is 1. The largest absolute Gasteiger partial charge is 0.493 e. The zero-order valence-corrected chi connectivity index (χ0v) is 24.0. The maximum Gasteiger partial charge on any atom is 0.336 e. The van der Waals surface area contributed by atoms with Gasteiger partial charge in [0.05, 0.1) is 28.6 Å². The molecule has 1 N–H and O–H groups in total. The van der Waals surface area contributed by atoms with E-state index in [-0.39, 0.29) is 12.4 Å². The number of rotatable bonds is 7. The highest BCUT2D eigenvalue weighted by molar-refractivity contribution is 14.1. The van der Waals surface area contributed by atoms with E-state index in [0.29, 0.717) is 45.5 Å². The van der Waals surface area contributed by atoms with Gasteiger partial charge in [0.2, 0.25) is 0 Å². The van der Waals surface area contributed by atoms with Gasteiger partial charge in [-0.25, -0.2) is 4.79 Å². The summed E-state index contributed by atoms with van der Waals surface area (Å²) in [6.45, 7) is 4.15. The van der Waals surface area contributed by atoms with Crippen molar-refractivity contribution in [3.63, 3.8) is 0 Å². The number of halogens is 2. The SMILES string of the molecule is CCOC(=O)C1=C(C)NC2=C(C(=O)c3ccccc32)[C@@H]1c1cc(I)c(OCc2ccc(Cl)cc2)c(OC)c1. The molecule has 1 heterocycles. The summed E-state index contributed by atoms with van der Waals surface area (Å²) in [6, 6.07) is 18.7. The molecule has 8 heteroatoms. The lowest BCUT2D eigenvalue weighted by molar-refractivity contribution is -0.138. The second kappa shape index (κ2) is 10.8. The van der Waals surface area contributed by atoms with Crippen LogP contribution in [0.15, 0.2) is 77.5 Å². The summed E-state index contributed by atoms with van der Waals surface area (Å²) in [5, 5.41) is 3.98. The van der Waals surface area contributed by atoms with Gasteiger partial charge in [0.25, 0.3) is 0 Å². The maximum absolute atomic E-state index is 13.7. The Morgan fingerprint density at radius 1 is 1.08 bits per heavy atom. The molecule has 2 aliphatic rings. The van der Waals surface area contributed by atoms with Crippen LogP contribution in [0.5, 0.6) is 11.5 Å². The minimum Gasteiger partial charge on any atom is -0.493 e. The van der Waals surface area contributed by atoms with Gasteiger partial charge in [0.1, 0.15) is 6.61 Å². The molecule has 0 bridgehead atoms. The molecule has 6 nitrogen and oxygen atoms in total. The molecular weight excluding hydrogens is 617 g/mol. The topological polar surface area (TPSA) is 73.9 Å². The zero-order valence-electron chi connectivity index (χ0n) is 21.1. The molecule has 0 unspecified atom stereocenters. The molecule has 1 atom stereocenters. The lowest BCUT2D eigenvalue weighted by Crippen LogP contribution is -2.29. The number of nitrogens with one attached hydrogen (secondary N) is 1. The van der Waals surface area contributed by atoms with Crippen molar-refractivity contribution < 1.29 is 23.8 Å². The van der Waals surface area contributed by atoms with Crippen molar-refractivity contribution >= 4 is 51.6 Å². The molecule has 3 aromatic rings. The van der Waals surface area contributed by atoms with Crippen molar-refractivity contribution in [3.05, 3.63) is 108 Å². The minimum atomic E-state index is -0.641. The first-order valence-corrected chi connectivity index (χ1v) is 13.6. The van der Waals surface area contributed by atoms with Gasteiger partial charge in [-0.2, -0.15) is 0 Å². The van der Waals surface area contributed by atoms with E-state index in [2.05, 4.69) is 27.9 Å². The van der Waals surface area contributed by atoms with Gasteiger partial charge in [-0.1, -0.05) is 48.0 Å². The Bertz CT molecular complexity index is 1510. The number of hydrogen-bond acceptors (Lipinski definition) is 6. The van der Waals surface area contributed by atoms with E-state index in [0.717, 1.165) is 26.0 Å². The Labute approximate surface area is 239 Å². The smallest absolute Gasteiger partial charge is 0.336 e. The molecule has 0 aromatic heterocycles. The number of carbonyl (C=O) groups is 2. The number of ketones is 1. The van der Waals surface area contributed by atoms with Crippen LogP contribution >= 0.6 is 34.2 Å². The molecular formula is C30H25ClINO5. The molecule has 0 fully saturated rings. The van der Waals surface area contributed by atoms with Crippen LogP contribution in [-0.2, 0) is 16.1 Å². The molecule has 194 valence electrons. The first-order valence-electron chi connectivity index (χ1n) is 12.1. The predicted octanol–water partition coefficient (Wildman–Crippen LogP) is 6.66. The van der Waals surface area contributed by atoms with Crippen LogP contribution in [0.2, 0.25) is 5.02 Å². The number of dihydropyridines is 1. The van der Waals surface area contributed by atoms with Crippen LogP contribution in [0.4, 0.5) is 0 Å². The quantitative estimate of drug-likeness (QED) is 0.230. The normalized spacial score (nSPS) is 16.1. The van der Waals surface area contributed by atoms with Crippen molar-refractivity contribution in [1.82, 2.24) is 5.32 Å². The van der Waals surface area contributed by atoms with Crippen molar-refractivity contribution in [2.45, 2.75) is 26.4 Å². The Morgan fingerprint density at radius 3 is 2.47 bits per heavy atom. The van der Waals surface area contributed by atoms with Crippen LogP contribution in [0.25, 0.3) is 5.70 Å². The van der Waals surface area contributed by atoms with Gasteiger partial charge in [-0.15, -0.1) is 0 Å². The van der Waals surface area contributed by atoms with Gasteiger partial charge >= 0.3 is 5.97 Å². The lowest BCUT2D eigenvalue weighted by Gasteiger charge is -2.30. The third-order valence-electron chi connectivity index (χ3n) is 6.63. The summed E-state index contributed by atoms with van der Waals surface area (Å²) in [6.07, 6.45) is 0. The molecule has 0 radical (unpaired) electrons. The summed E-state index contributed by atoms with van der Waals surface area (Å²) in [5.74, 6) is -0.132. The molecule has 0 saturated heterocycles. The van der Waals surface area contributed by atoms with Gasteiger partial charge in [-0.05, 0) is 71.8 Å². The van der Waals surface area contributed by atoms with E-state index in [1.54, 1.807) is 14.0 Å². The van der Waals surface area contributed by atoms with Gasteiger partial charge in [0.15, 0.2) is 17.3 Å². The van der Waals surface area contributed by atoms with Crippen LogP contribution in [0.1, 0.15) is 46.8 Å². The fourth-order valence-electron chi connectivity index (χ4n) is 4.92. The van der Waals surface area contributed by atoms with Crippen molar-refractivity contribution in [2.24, 2.45) is 0 Å². The highest BCUT2D eigenvalue weighted by atomic mass is 127. The summed E-state index contributed by atoms with van der Waals surface area (Å²) in [7, 11) is 1.57. The summed E-state index contributed by atoms with van der Waals surface area (Å²) < 4.78 is 18.1. The molecule has 5 rings (SSSR count). The Hall–Kier alpha value is -3.30. The van der Waals surface area contributed by atoms with Crippen molar-refractivity contribution in [3.8, 4) is 11.5 Å². The van der Waals surface area contributed by atoms with E-state index >= 15 is 0 Å². The average molecular weight is 642 g/mol. The number of fused-ring (bicyclic) bond motifs is 2. The third kappa shape index (κ3) is 4.69. The fourth-order valence-corrected chi connectivity index (χ4v) is 5.83. The predicted molar refractivity (Wildman–Crippen MR) is 154 cm³/mol. The second-order valence-electron chi connectivity index (χ2n) is 8.93. The van der Waals surface area contributed by atoms with Gasteiger partial charge < -0.3 is 19.5 Å².